The van der Waals surface area contributed by atoms with Crippen LogP contribution in [0.5, 0.6) is 0 Å². The van der Waals surface area contributed by atoms with Crippen LogP contribution in [0.4, 0.5) is 0 Å². The van der Waals surface area contributed by atoms with Crippen molar-refractivity contribution in [3.63, 3.8) is 0 Å². The Bertz CT molecular complexity index is 805. The Hall–Kier alpha value is -3.08. The highest BCUT2D eigenvalue weighted by molar-refractivity contribution is 6.05. The molecule has 0 heterocycles. The van der Waals surface area contributed by atoms with Gasteiger partial charge in [-0.05, 0) is 32.4 Å². The number of rotatable bonds is 6. The van der Waals surface area contributed by atoms with Crippen molar-refractivity contribution in [1.29, 1.82) is 0 Å². The van der Waals surface area contributed by atoms with Gasteiger partial charge in [0, 0.05) is 11.6 Å². The number of hydrogen-bond acceptors (Lipinski definition) is 5. The zero-order valence-electron chi connectivity index (χ0n) is 16.0. The van der Waals surface area contributed by atoms with Gasteiger partial charge in [-0.3, -0.25) is 4.79 Å². The normalized spacial score (nSPS) is 16.1. The number of carbonyl (C=O) groups excluding carboxylic acids is 2. The van der Waals surface area contributed by atoms with Gasteiger partial charge in [0.1, 0.15) is 11.4 Å². The fourth-order valence-electron chi connectivity index (χ4n) is 2.31. The topological polar surface area (TPSA) is 61.8 Å². The Balaban J connectivity index is 2.11. The molecule has 142 valence electrons. The van der Waals surface area contributed by atoms with Gasteiger partial charge < -0.3 is 14.2 Å². The van der Waals surface area contributed by atoms with E-state index in [-0.39, 0.29) is 18.1 Å². The molecule has 0 fully saturated rings. The lowest BCUT2D eigenvalue weighted by atomic mass is 10.0. The van der Waals surface area contributed by atoms with Crippen LogP contribution >= 0.6 is 0 Å². The minimum Gasteiger partial charge on any atom is -0.496 e. The summed E-state index contributed by atoms with van der Waals surface area (Å²) in [5.74, 6) is -0.393. The third kappa shape index (κ3) is 6.62. The Morgan fingerprint density at radius 1 is 1.07 bits per heavy atom. The highest BCUT2D eigenvalue weighted by atomic mass is 16.6. The standard InChI is InChI=1S/C22H24O5/c1-22(2,3)27-21(24)15-26-20-13-17(19(25-4)14-18(20)23)12-8-11-16-9-6-5-7-10-16/h5-14H,15H2,1-4H3. The van der Waals surface area contributed by atoms with Crippen LogP contribution in [-0.2, 0) is 23.8 Å². The summed E-state index contributed by atoms with van der Waals surface area (Å²) in [6.07, 6.45) is 8.50. The molecule has 1 aliphatic rings. The average Bonchev–Trinajstić information content (AvgIpc) is 2.61. The van der Waals surface area contributed by atoms with E-state index < -0.39 is 11.6 Å². The molecule has 0 radical (unpaired) electrons. The van der Waals surface area contributed by atoms with Crippen molar-refractivity contribution < 1.29 is 23.8 Å². The van der Waals surface area contributed by atoms with Crippen molar-refractivity contribution in [2.45, 2.75) is 26.4 Å². The minimum atomic E-state index is -0.609. The van der Waals surface area contributed by atoms with Crippen LogP contribution in [0.1, 0.15) is 26.3 Å². The summed E-state index contributed by atoms with van der Waals surface area (Å²) in [5.41, 5.74) is 1.11. The van der Waals surface area contributed by atoms with E-state index in [1.807, 2.05) is 48.6 Å². The fourth-order valence-corrected chi connectivity index (χ4v) is 2.31. The van der Waals surface area contributed by atoms with Gasteiger partial charge >= 0.3 is 5.97 Å². The number of hydrogen-bond donors (Lipinski definition) is 0. The first-order valence-corrected chi connectivity index (χ1v) is 8.58. The van der Waals surface area contributed by atoms with E-state index in [1.54, 1.807) is 26.8 Å². The van der Waals surface area contributed by atoms with Crippen molar-refractivity contribution in [2.24, 2.45) is 0 Å². The van der Waals surface area contributed by atoms with Crippen molar-refractivity contribution in [3.05, 3.63) is 77.3 Å². The van der Waals surface area contributed by atoms with E-state index in [0.29, 0.717) is 11.3 Å². The Labute approximate surface area is 159 Å². The molecule has 0 amide bonds. The van der Waals surface area contributed by atoms with Crippen LogP contribution in [0.15, 0.2) is 71.7 Å². The van der Waals surface area contributed by atoms with Crippen molar-refractivity contribution in [3.8, 4) is 0 Å². The lowest BCUT2D eigenvalue weighted by Crippen LogP contribution is -2.27. The first kappa shape index (κ1) is 20.2. The van der Waals surface area contributed by atoms with Gasteiger partial charge in [0.25, 0.3) is 0 Å². The monoisotopic (exact) mass is 368 g/mol. The second kappa shape index (κ2) is 9.03. The third-order valence-electron chi connectivity index (χ3n) is 3.43. The van der Waals surface area contributed by atoms with Crippen LogP contribution in [-0.4, -0.2) is 31.1 Å². The van der Waals surface area contributed by atoms with Gasteiger partial charge in [0.15, 0.2) is 12.4 Å². The van der Waals surface area contributed by atoms with Crippen LogP contribution < -0.4 is 0 Å². The summed E-state index contributed by atoms with van der Waals surface area (Å²) in [5, 5.41) is 0. The van der Waals surface area contributed by atoms with Crippen LogP contribution in [0.2, 0.25) is 0 Å². The molecule has 0 aliphatic heterocycles. The molecule has 1 aliphatic carbocycles. The second-order valence-electron chi connectivity index (χ2n) is 6.85. The lowest BCUT2D eigenvalue weighted by molar-refractivity contribution is -0.158. The van der Waals surface area contributed by atoms with E-state index in [9.17, 15) is 9.59 Å². The predicted octanol–water partition coefficient (Wildman–Crippen LogP) is 3.98. The summed E-state index contributed by atoms with van der Waals surface area (Å²) in [7, 11) is 1.49. The molecule has 1 aromatic rings. The molecule has 0 aromatic heterocycles. The second-order valence-corrected chi connectivity index (χ2v) is 6.85. The number of methoxy groups -OCH3 is 1. The van der Waals surface area contributed by atoms with E-state index >= 15 is 0 Å². The van der Waals surface area contributed by atoms with E-state index in [1.165, 1.54) is 13.2 Å². The highest BCUT2D eigenvalue weighted by Crippen LogP contribution is 2.22. The smallest absolute Gasteiger partial charge is 0.344 e. The molecular weight excluding hydrogens is 344 g/mol. The molecule has 0 bridgehead atoms. The maximum absolute atomic E-state index is 12.2. The Morgan fingerprint density at radius 3 is 2.41 bits per heavy atom. The number of benzene rings is 1. The molecular formula is C22H24O5. The molecule has 1 aromatic carbocycles. The van der Waals surface area contributed by atoms with Crippen molar-refractivity contribution in [1.82, 2.24) is 0 Å². The summed E-state index contributed by atoms with van der Waals surface area (Å²) in [4.78, 5) is 23.9. The quantitative estimate of drug-likeness (QED) is 0.711. The summed E-state index contributed by atoms with van der Waals surface area (Å²) in [6.45, 7) is 4.97. The van der Waals surface area contributed by atoms with Crippen molar-refractivity contribution in [2.75, 3.05) is 13.7 Å². The third-order valence-corrected chi connectivity index (χ3v) is 3.43. The van der Waals surface area contributed by atoms with Gasteiger partial charge in [0.05, 0.1) is 7.11 Å². The molecule has 5 heteroatoms. The zero-order valence-corrected chi connectivity index (χ0v) is 16.0. The Morgan fingerprint density at radius 2 is 1.78 bits per heavy atom. The highest BCUT2D eigenvalue weighted by Gasteiger charge is 2.22. The SMILES string of the molecule is COC1=CC(=O)C(OCC(=O)OC(C)(C)C)=CC1=CC=Cc1ccccc1. The average molecular weight is 368 g/mol. The molecule has 0 saturated heterocycles. The van der Waals surface area contributed by atoms with Gasteiger partial charge in [-0.25, -0.2) is 4.79 Å². The van der Waals surface area contributed by atoms with Crippen LogP contribution in [0, 0.1) is 0 Å². The molecule has 0 saturated carbocycles. The Kier molecular flexibility index (Phi) is 6.77. The van der Waals surface area contributed by atoms with Crippen LogP contribution in [0.25, 0.3) is 6.08 Å². The summed E-state index contributed by atoms with van der Waals surface area (Å²) < 4.78 is 15.8. The molecule has 0 unspecified atom stereocenters. The predicted molar refractivity (Wildman–Crippen MR) is 104 cm³/mol. The minimum absolute atomic E-state index is 0.0704. The molecule has 27 heavy (non-hydrogen) atoms. The molecule has 5 nitrogen and oxygen atoms in total. The lowest BCUT2D eigenvalue weighted by Gasteiger charge is -2.20. The molecule has 0 atom stereocenters. The van der Waals surface area contributed by atoms with Crippen molar-refractivity contribution >= 4 is 17.8 Å². The van der Waals surface area contributed by atoms with E-state index in [4.69, 9.17) is 14.2 Å². The fraction of sp³-hybridized carbons (Fsp3) is 0.273. The number of carbonyl (C=O) groups is 2. The maximum atomic E-state index is 12.2. The van der Waals surface area contributed by atoms with Gasteiger partial charge in [0.2, 0.25) is 5.78 Å². The van der Waals surface area contributed by atoms with Gasteiger partial charge in [-0.15, -0.1) is 0 Å². The summed E-state index contributed by atoms with van der Waals surface area (Å²) >= 11 is 0. The summed E-state index contributed by atoms with van der Waals surface area (Å²) in [6, 6.07) is 9.82. The molecule has 0 spiro atoms. The first-order chi connectivity index (χ1) is 12.8. The zero-order chi connectivity index (χ0) is 19.9. The number of ketones is 1. The first-order valence-electron chi connectivity index (χ1n) is 8.58. The van der Waals surface area contributed by atoms with E-state index in [0.717, 1.165) is 5.56 Å². The largest absolute Gasteiger partial charge is 0.496 e. The maximum Gasteiger partial charge on any atom is 0.344 e. The molecule has 0 N–H and O–H groups in total. The van der Waals surface area contributed by atoms with E-state index in [2.05, 4.69) is 0 Å². The number of esters is 1. The number of ether oxygens (including phenoxy) is 3. The number of allylic oxidation sites excluding steroid dienone is 4. The van der Waals surface area contributed by atoms with Crippen LogP contribution in [0.3, 0.4) is 0 Å². The van der Waals surface area contributed by atoms with Gasteiger partial charge in [-0.2, -0.15) is 0 Å². The van der Waals surface area contributed by atoms with Gasteiger partial charge in [-0.1, -0.05) is 48.6 Å². The molecule has 2 rings (SSSR count).